The molecule has 0 aliphatic carbocycles. The van der Waals surface area contributed by atoms with Crippen LogP contribution in [-0.4, -0.2) is 21.4 Å². The Morgan fingerprint density at radius 3 is 2.68 bits per heavy atom. The largest absolute Gasteiger partial charge is 0.454 e. The van der Waals surface area contributed by atoms with Crippen molar-refractivity contribution < 1.29 is 9.47 Å². The van der Waals surface area contributed by atoms with Gasteiger partial charge in [0, 0.05) is 22.9 Å². The van der Waals surface area contributed by atoms with Crippen molar-refractivity contribution in [3.05, 3.63) is 70.6 Å². The minimum Gasteiger partial charge on any atom is -0.454 e. The molecule has 4 aromatic rings. The maximum Gasteiger partial charge on any atom is 0.273 e. The second-order valence-corrected chi connectivity index (χ2v) is 6.79. The highest BCUT2D eigenvalue weighted by atomic mass is 16.7. The lowest BCUT2D eigenvalue weighted by molar-refractivity contribution is 0.174. The molecule has 6 nitrogen and oxygen atoms in total. The molecule has 1 aliphatic rings. The van der Waals surface area contributed by atoms with Gasteiger partial charge in [0.1, 0.15) is 0 Å². The average molecular weight is 373 g/mol. The Bertz CT molecular complexity index is 1230. The summed E-state index contributed by atoms with van der Waals surface area (Å²) in [5.41, 5.74) is 4.96. The minimum atomic E-state index is -0.141. The highest BCUT2D eigenvalue weighted by Crippen LogP contribution is 2.36. The quantitative estimate of drug-likeness (QED) is 0.586. The zero-order chi connectivity index (χ0) is 19.1. The summed E-state index contributed by atoms with van der Waals surface area (Å²) in [6.07, 6.45) is 1.81. The van der Waals surface area contributed by atoms with E-state index in [4.69, 9.17) is 14.5 Å². The molecular weight excluding hydrogens is 354 g/mol. The molecule has 1 N–H and O–H groups in total. The summed E-state index contributed by atoms with van der Waals surface area (Å²) in [5.74, 6) is 1.38. The molecule has 1 aliphatic heterocycles. The molecule has 0 radical (unpaired) electrons. The fourth-order valence-electron chi connectivity index (χ4n) is 3.63. The number of aromatic amines is 1. The van der Waals surface area contributed by atoms with Gasteiger partial charge < -0.3 is 9.47 Å². The number of aryl methyl sites for hydroxylation is 1. The van der Waals surface area contributed by atoms with Gasteiger partial charge in [0.25, 0.3) is 5.56 Å². The van der Waals surface area contributed by atoms with Crippen LogP contribution in [0.25, 0.3) is 28.0 Å². The zero-order valence-corrected chi connectivity index (χ0v) is 15.4. The number of benzene rings is 2. The van der Waals surface area contributed by atoms with Crippen molar-refractivity contribution in [2.24, 2.45) is 0 Å². The van der Waals surface area contributed by atoms with Crippen LogP contribution in [0.4, 0.5) is 0 Å². The van der Waals surface area contributed by atoms with Crippen LogP contribution in [0.5, 0.6) is 11.5 Å². The number of fused-ring (bicyclic) bond motifs is 2. The van der Waals surface area contributed by atoms with Crippen molar-refractivity contribution in [2.75, 3.05) is 6.79 Å². The van der Waals surface area contributed by atoms with Gasteiger partial charge in [-0.05, 0) is 30.2 Å². The Morgan fingerprint density at radius 1 is 1.04 bits per heavy atom. The van der Waals surface area contributed by atoms with Crippen LogP contribution in [0.3, 0.4) is 0 Å². The molecule has 6 heteroatoms. The Hall–Kier alpha value is -3.54. The number of H-pyrrole nitrogens is 1. The smallest absolute Gasteiger partial charge is 0.273 e. The predicted octanol–water partition coefficient (Wildman–Crippen LogP) is 4.04. The first-order valence-electron chi connectivity index (χ1n) is 9.34. The molecule has 3 heterocycles. The number of hydrogen-bond acceptors (Lipinski definition) is 4. The molecule has 0 atom stereocenters. The van der Waals surface area contributed by atoms with Crippen molar-refractivity contribution in [2.45, 2.75) is 19.8 Å². The van der Waals surface area contributed by atoms with Crippen molar-refractivity contribution in [3.8, 4) is 33.9 Å². The maximum absolute atomic E-state index is 12.8. The van der Waals surface area contributed by atoms with Crippen LogP contribution >= 0.6 is 0 Å². The van der Waals surface area contributed by atoms with E-state index in [1.807, 2.05) is 48.5 Å². The first kappa shape index (κ1) is 16.6. The molecular formula is C22H19N3O3. The molecule has 0 spiro atoms. The van der Waals surface area contributed by atoms with E-state index in [-0.39, 0.29) is 12.4 Å². The summed E-state index contributed by atoms with van der Waals surface area (Å²) < 4.78 is 12.4. The van der Waals surface area contributed by atoms with Gasteiger partial charge in [-0.15, -0.1) is 0 Å². The zero-order valence-electron chi connectivity index (χ0n) is 15.4. The molecule has 28 heavy (non-hydrogen) atoms. The normalized spacial score (nSPS) is 12.6. The average Bonchev–Trinajstić information content (AvgIpc) is 3.33. The number of nitrogens with one attached hydrogen (secondary N) is 1. The van der Waals surface area contributed by atoms with Crippen molar-refractivity contribution in [1.29, 1.82) is 0 Å². The van der Waals surface area contributed by atoms with Gasteiger partial charge in [-0.1, -0.05) is 43.7 Å². The van der Waals surface area contributed by atoms with E-state index in [1.165, 1.54) is 4.52 Å². The summed E-state index contributed by atoms with van der Waals surface area (Å²) >= 11 is 0. The second-order valence-electron chi connectivity index (χ2n) is 6.79. The number of rotatable bonds is 4. The molecule has 0 bridgehead atoms. The summed E-state index contributed by atoms with van der Waals surface area (Å²) in [7, 11) is 0. The molecule has 0 unspecified atom stereocenters. The van der Waals surface area contributed by atoms with Gasteiger partial charge in [-0.25, -0.2) is 9.50 Å². The topological polar surface area (TPSA) is 68.6 Å². The first-order chi connectivity index (χ1) is 13.7. The highest BCUT2D eigenvalue weighted by molar-refractivity contribution is 5.81. The van der Waals surface area contributed by atoms with Crippen molar-refractivity contribution >= 4 is 5.65 Å². The number of aromatic nitrogens is 3. The van der Waals surface area contributed by atoms with E-state index in [2.05, 4.69) is 12.0 Å². The third kappa shape index (κ3) is 2.65. The van der Waals surface area contributed by atoms with Crippen LogP contribution in [0, 0.1) is 0 Å². The maximum atomic E-state index is 12.8. The van der Waals surface area contributed by atoms with Gasteiger partial charge in [-0.2, -0.15) is 0 Å². The Labute approximate surface area is 161 Å². The monoisotopic (exact) mass is 373 g/mol. The van der Waals surface area contributed by atoms with E-state index >= 15 is 0 Å². The van der Waals surface area contributed by atoms with Crippen LogP contribution in [-0.2, 0) is 6.42 Å². The molecule has 2 aromatic carbocycles. The van der Waals surface area contributed by atoms with Crippen molar-refractivity contribution in [1.82, 2.24) is 14.6 Å². The van der Waals surface area contributed by atoms with E-state index < -0.39 is 0 Å². The van der Waals surface area contributed by atoms with E-state index in [1.54, 1.807) is 6.07 Å². The lowest BCUT2D eigenvalue weighted by Gasteiger charge is -2.05. The first-order valence-corrected chi connectivity index (χ1v) is 9.34. The van der Waals surface area contributed by atoms with Gasteiger partial charge >= 0.3 is 0 Å². The SMILES string of the molecule is CCCc1[nH]n2c(=O)cc(-c3ccc4c(c3)OCO4)nc2c1-c1ccccc1. The summed E-state index contributed by atoms with van der Waals surface area (Å²) in [6, 6.07) is 17.2. The number of nitrogens with zero attached hydrogens (tertiary/aromatic N) is 2. The minimum absolute atomic E-state index is 0.141. The molecule has 2 aromatic heterocycles. The number of hydrogen-bond donors (Lipinski definition) is 1. The van der Waals surface area contributed by atoms with E-state index in [9.17, 15) is 4.79 Å². The molecule has 0 saturated carbocycles. The predicted molar refractivity (Wildman–Crippen MR) is 107 cm³/mol. The van der Waals surface area contributed by atoms with Crippen LogP contribution < -0.4 is 15.0 Å². The molecule has 0 saturated heterocycles. The molecule has 0 fully saturated rings. The van der Waals surface area contributed by atoms with Gasteiger partial charge in [0.05, 0.1) is 5.69 Å². The summed E-state index contributed by atoms with van der Waals surface area (Å²) in [4.78, 5) is 17.7. The van der Waals surface area contributed by atoms with Gasteiger partial charge in [0.2, 0.25) is 6.79 Å². The molecule has 140 valence electrons. The van der Waals surface area contributed by atoms with Gasteiger partial charge in [0.15, 0.2) is 17.1 Å². The van der Waals surface area contributed by atoms with Crippen LogP contribution in [0.2, 0.25) is 0 Å². The number of ether oxygens (including phenoxy) is 2. The van der Waals surface area contributed by atoms with Crippen molar-refractivity contribution in [3.63, 3.8) is 0 Å². The van der Waals surface area contributed by atoms with Crippen LogP contribution in [0.1, 0.15) is 19.0 Å². The fraction of sp³-hybridized carbons (Fsp3) is 0.182. The lowest BCUT2D eigenvalue weighted by Crippen LogP contribution is -2.14. The van der Waals surface area contributed by atoms with Gasteiger partial charge in [-0.3, -0.25) is 9.89 Å². The molecule has 0 amide bonds. The Kier molecular flexibility index (Phi) is 3.90. The summed E-state index contributed by atoms with van der Waals surface area (Å²) in [5, 5.41) is 3.25. The Morgan fingerprint density at radius 2 is 1.86 bits per heavy atom. The second kappa shape index (κ2) is 6.56. The third-order valence-electron chi connectivity index (χ3n) is 4.92. The van der Waals surface area contributed by atoms with E-state index in [0.717, 1.165) is 35.2 Å². The van der Waals surface area contributed by atoms with Crippen LogP contribution in [0.15, 0.2) is 59.4 Å². The third-order valence-corrected chi connectivity index (χ3v) is 4.92. The highest BCUT2D eigenvalue weighted by Gasteiger charge is 2.19. The Balaban J connectivity index is 1.74. The molecule has 5 rings (SSSR count). The standard InChI is InChI=1S/C22H19N3O3/c1-2-6-16-21(14-7-4-3-5-8-14)22-23-17(12-20(26)25(22)24-16)15-9-10-18-19(11-15)28-13-27-18/h3-5,7-12,24H,2,6,13H2,1H3. The lowest BCUT2D eigenvalue weighted by atomic mass is 10.0. The summed E-state index contributed by atoms with van der Waals surface area (Å²) in [6.45, 7) is 2.33. The van der Waals surface area contributed by atoms with E-state index in [0.29, 0.717) is 22.8 Å². The fourth-order valence-corrected chi connectivity index (χ4v) is 3.63.